The van der Waals surface area contributed by atoms with Crippen molar-refractivity contribution in [2.24, 2.45) is 5.92 Å². The molecule has 0 aliphatic heterocycles. The fourth-order valence-electron chi connectivity index (χ4n) is 3.54. The summed E-state index contributed by atoms with van der Waals surface area (Å²) in [7, 11) is 0. The molecule has 1 amide bonds. The quantitative estimate of drug-likeness (QED) is 0.814. The molecule has 23 heavy (non-hydrogen) atoms. The van der Waals surface area contributed by atoms with Crippen LogP contribution in [0.2, 0.25) is 0 Å². The third kappa shape index (κ3) is 4.04. The van der Waals surface area contributed by atoms with Crippen molar-refractivity contribution in [3.63, 3.8) is 0 Å². The van der Waals surface area contributed by atoms with E-state index in [1.54, 1.807) is 6.07 Å². The number of amides is 1. The molecule has 0 heterocycles. The summed E-state index contributed by atoms with van der Waals surface area (Å²) in [5, 5.41) is 15.0. The molecule has 0 saturated heterocycles. The minimum absolute atomic E-state index is 0.234. The Morgan fingerprint density at radius 2 is 1.96 bits per heavy atom. The third-order valence-electron chi connectivity index (χ3n) is 4.85. The van der Waals surface area contributed by atoms with Crippen LogP contribution in [0.3, 0.4) is 0 Å². The minimum Gasteiger partial charge on any atom is -0.508 e. The van der Waals surface area contributed by atoms with E-state index >= 15 is 0 Å². The van der Waals surface area contributed by atoms with Gasteiger partial charge in [0.2, 0.25) is 5.91 Å². The highest BCUT2D eigenvalue weighted by atomic mass is 16.3. The predicted molar refractivity (Wildman–Crippen MR) is 93.5 cm³/mol. The maximum atomic E-state index is 12.1. The molecule has 1 fully saturated rings. The van der Waals surface area contributed by atoms with E-state index in [0.29, 0.717) is 5.75 Å². The first kappa shape index (κ1) is 15.9. The van der Waals surface area contributed by atoms with Crippen molar-refractivity contribution in [1.29, 1.82) is 0 Å². The van der Waals surface area contributed by atoms with Gasteiger partial charge in [0.25, 0.3) is 0 Å². The highest BCUT2D eigenvalue weighted by molar-refractivity contribution is 5.87. The molecule has 1 aliphatic rings. The highest BCUT2D eigenvalue weighted by Crippen LogP contribution is 2.25. The number of phenolic OH excluding ortho intramolecular Hbond substituents is 1. The van der Waals surface area contributed by atoms with E-state index in [4.69, 9.17) is 0 Å². The summed E-state index contributed by atoms with van der Waals surface area (Å²) in [5.74, 6) is 0.772. The first-order valence-electron chi connectivity index (χ1n) is 8.72. The van der Waals surface area contributed by atoms with Gasteiger partial charge in [-0.05, 0) is 54.2 Å². The molecule has 1 saturated carbocycles. The fourth-order valence-corrected chi connectivity index (χ4v) is 3.54. The lowest BCUT2D eigenvalue weighted by Gasteiger charge is -2.20. The minimum atomic E-state index is 0.234. The first-order valence-corrected chi connectivity index (χ1v) is 8.72. The Morgan fingerprint density at radius 3 is 2.78 bits per heavy atom. The van der Waals surface area contributed by atoms with Gasteiger partial charge in [0, 0.05) is 12.5 Å². The van der Waals surface area contributed by atoms with Gasteiger partial charge in [0.1, 0.15) is 5.75 Å². The van der Waals surface area contributed by atoms with Crippen molar-refractivity contribution in [2.45, 2.75) is 44.9 Å². The second kappa shape index (κ2) is 7.49. The third-order valence-corrected chi connectivity index (χ3v) is 4.85. The molecule has 0 bridgehead atoms. The van der Waals surface area contributed by atoms with E-state index in [2.05, 4.69) is 23.5 Å². The van der Waals surface area contributed by atoms with Crippen molar-refractivity contribution in [3.05, 3.63) is 42.0 Å². The number of nitrogens with one attached hydrogen (secondary N) is 1. The smallest absolute Gasteiger partial charge is 0.223 e. The number of fused-ring (bicyclic) bond motifs is 1. The molecule has 0 spiro atoms. The van der Waals surface area contributed by atoms with Crippen LogP contribution in [0, 0.1) is 5.92 Å². The maximum Gasteiger partial charge on any atom is 0.223 e. The lowest BCUT2D eigenvalue weighted by Crippen LogP contribution is -2.32. The number of benzene rings is 2. The normalized spacial score (nSPS) is 15.7. The molecule has 0 radical (unpaired) electrons. The first-order chi connectivity index (χ1) is 11.2. The molecule has 3 nitrogen and oxygen atoms in total. The van der Waals surface area contributed by atoms with Crippen LogP contribution in [-0.4, -0.2) is 17.6 Å². The standard InChI is InChI=1S/C20H25NO2/c22-18-12-11-16-9-4-8-15(19(16)14-18)10-5-13-21-20(23)17-6-2-1-3-7-17/h4,8-9,11-12,14,17,22H,1-3,5-7,10,13H2,(H,21,23). The molecule has 0 aromatic heterocycles. The zero-order valence-corrected chi connectivity index (χ0v) is 13.6. The van der Waals surface area contributed by atoms with E-state index in [-0.39, 0.29) is 11.8 Å². The van der Waals surface area contributed by atoms with Crippen LogP contribution in [0.5, 0.6) is 5.75 Å². The van der Waals surface area contributed by atoms with Gasteiger partial charge in [-0.1, -0.05) is 43.5 Å². The van der Waals surface area contributed by atoms with E-state index in [0.717, 1.165) is 43.0 Å². The summed E-state index contributed by atoms with van der Waals surface area (Å²) >= 11 is 0. The summed E-state index contributed by atoms with van der Waals surface area (Å²) in [4.78, 5) is 12.1. The Kier molecular flexibility index (Phi) is 5.16. The van der Waals surface area contributed by atoms with Gasteiger partial charge in [-0.2, -0.15) is 0 Å². The molecular weight excluding hydrogens is 286 g/mol. The van der Waals surface area contributed by atoms with E-state index in [1.807, 2.05) is 12.1 Å². The molecule has 122 valence electrons. The molecule has 2 aromatic rings. The van der Waals surface area contributed by atoms with Gasteiger partial charge in [-0.3, -0.25) is 4.79 Å². The van der Waals surface area contributed by atoms with E-state index in [9.17, 15) is 9.90 Å². The summed E-state index contributed by atoms with van der Waals surface area (Å²) in [5.41, 5.74) is 1.23. The molecule has 2 aromatic carbocycles. The number of aromatic hydroxyl groups is 1. The zero-order valence-electron chi connectivity index (χ0n) is 13.6. The van der Waals surface area contributed by atoms with E-state index in [1.165, 1.54) is 24.8 Å². The molecule has 2 N–H and O–H groups in total. The van der Waals surface area contributed by atoms with Crippen LogP contribution >= 0.6 is 0 Å². The number of aryl methyl sites for hydroxylation is 1. The van der Waals surface area contributed by atoms with Crippen LogP contribution in [-0.2, 0) is 11.2 Å². The number of carbonyl (C=O) groups excluding carboxylic acids is 1. The highest BCUT2D eigenvalue weighted by Gasteiger charge is 2.20. The van der Waals surface area contributed by atoms with Crippen LogP contribution < -0.4 is 5.32 Å². The zero-order chi connectivity index (χ0) is 16.1. The second-order valence-electron chi connectivity index (χ2n) is 6.55. The molecule has 3 heteroatoms. The Hall–Kier alpha value is -2.03. The number of rotatable bonds is 5. The van der Waals surface area contributed by atoms with Crippen LogP contribution in [0.15, 0.2) is 36.4 Å². The van der Waals surface area contributed by atoms with Crippen LogP contribution in [0.25, 0.3) is 10.8 Å². The van der Waals surface area contributed by atoms with Crippen molar-refractivity contribution in [1.82, 2.24) is 5.32 Å². The number of hydrogen-bond acceptors (Lipinski definition) is 2. The Labute approximate surface area is 137 Å². The predicted octanol–water partition coefficient (Wildman–Crippen LogP) is 4.17. The maximum absolute atomic E-state index is 12.1. The average molecular weight is 311 g/mol. The number of hydrogen-bond donors (Lipinski definition) is 2. The van der Waals surface area contributed by atoms with Gasteiger partial charge in [0.15, 0.2) is 0 Å². The Morgan fingerprint density at radius 1 is 1.13 bits per heavy atom. The molecular formula is C20H25NO2. The number of phenols is 1. The van der Waals surface area contributed by atoms with Crippen molar-refractivity contribution in [3.8, 4) is 5.75 Å². The van der Waals surface area contributed by atoms with Crippen molar-refractivity contribution in [2.75, 3.05) is 6.54 Å². The van der Waals surface area contributed by atoms with Crippen LogP contribution in [0.4, 0.5) is 0 Å². The molecule has 0 unspecified atom stereocenters. The summed E-state index contributed by atoms with van der Waals surface area (Å²) in [6.45, 7) is 0.727. The lowest BCUT2D eigenvalue weighted by atomic mass is 9.88. The average Bonchev–Trinajstić information content (AvgIpc) is 2.59. The van der Waals surface area contributed by atoms with Gasteiger partial charge >= 0.3 is 0 Å². The summed E-state index contributed by atoms with van der Waals surface area (Å²) in [6, 6.07) is 11.7. The van der Waals surface area contributed by atoms with Gasteiger partial charge in [-0.15, -0.1) is 0 Å². The Balaban J connectivity index is 1.52. The molecule has 1 aliphatic carbocycles. The van der Waals surface area contributed by atoms with Gasteiger partial charge in [-0.25, -0.2) is 0 Å². The number of carbonyl (C=O) groups is 1. The molecule has 0 atom stereocenters. The lowest BCUT2D eigenvalue weighted by molar-refractivity contribution is -0.125. The van der Waals surface area contributed by atoms with Gasteiger partial charge < -0.3 is 10.4 Å². The largest absolute Gasteiger partial charge is 0.508 e. The van der Waals surface area contributed by atoms with Gasteiger partial charge in [0.05, 0.1) is 0 Å². The van der Waals surface area contributed by atoms with Crippen LogP contribution in [0.1, 0.15) is 44.1 Å². The topological polar surface area (TPSA) is 49.3 Å². The SMILES string of the molecule is O=C(NCCCc1cccc2ccc(O)cc12)C1CCCCC1. The summed E-state index contributed by atoms with van der Waals surface area (Å²) < 4.78 is 0. The van der Waals surface area contributed by atoms with Crippen molar-refractivity contribution >= 4 is 16.7 Å². The monoisotopic (exact) mass is 311 g/mol. The summed E-state index contributed by atoms with van der Waals surface area (Å²) in [6.07, 6.45) is 7.59. The fraction of sp³-hybridized carbons (Fsp3) is 0.450. The van der Waals surface area contributed by atoms with Crippen molar-refractivity contribution < 1.29 is 9.90 Å². The Bertz CT molecular complexity index is 674. The second-order valence-corrected chi connectivity index (χ2v) is 6.55. The molecule has 3 rings (SSSR count). The van der Waals surface area contributed by atoms with E-state index < -0.39 is 0 Å².